The zero-order chi connectivity index (χ0) is 17.3. The molecule has 1 saturated carbocycles. The van der Waals surface area contributed by atoms with Gasteiger partial charge in [0.05, 0.1) is 4.92 Å². The third kappa shape index (κ3) is 3.75. The Bertz CT molecular complexity index is 679. The lowest BCUT2D eigenvalue weighted by Gasteiger charge is -2.22. The van der Waals surface area contributed by atoms with E-state index in [-0.39, 0.29) is 17.5 Å². The molecule has 0 aromatic heterocycles. The second-order valence-electron chi connectivity index (χ2n) is 6.71. The predicted molar refractivity (Wildman–Crippen MR) is 87.8 cm³/mol. The average Bonchev–Trinajstić information content (AvgIpc) is 3.27. The average molecular weight is 331 g/mol. The number of nitro groups is 1. The number of fused-ring (bicyclic) bond motifs is 1. The van der Waals surface area contributed by atoms with Gasteiger partial charge in [0.15, 0.2) is 0 Å². The molecule has 3 rings (SSSR count). The van der Waals surface area contributed by atoms with Gasteiger partial charge in [0, 0.05) is 12.1 Å². The maximum absolute atomic E-state index is 12.0. The Hall–Kier alpha value is -2.37. The molecule has 2 aliphatic rings. The fraction of sp³-hybridized carbons (Fsp3) is 0.500. The Labute approximate surface area is 140 Å². The number of carbonyl (C=O) groups excluding carboxylic acids is 1. The molecule has 24 heavy (non-hydrogen) atoms. The molecule has 6 nitrogen and oxygen atoms in total. The molecule has 3 atom stereocenters. The molecule has 6 heteroatoms. The molecule has 0 spiro atoms. The first-order chi connectivity index (χ1) is 11.4. The maximum Gasteiger partial charge on any atom is 0.514 e. The molecule has 0 radical (unpaired) electrons. The van der Waals surface area contributed by atoms with Gasteiger partial charge in [-0.15, -0.1) is 0 Å². The molecule has 0 saturated heterocycles. The Morgan fingerprint density at radius 3 is 2.54 bits per heavy atom. The fourth-order valence-corrected chi connectivity index (χ4v) is 3.34. The second-order valence-corrected chi connectivity index (χ2v) is 6.71. The van der Waals surface area contributed by atoms with Crippen molar-refractivity contribution in [3.63, 3.8) is 0 Å². The Morgan fingerprint density at radius 1 is 1.17 bits per heavy atom. The van der Waals surface area contributed by atoms with Crippen LogP contribution in [0.5, 0.6) is 5.75 Å². The molecule has 2 aliphatic carbocycles. The van der Waals surface area contributed by atoms with Gasteiger partial charge in [-0.1, -0.05) is 5.57 Å². The van der Waals surface area contributed by atoms with Crippen LogP contribution in [-0.4, -0.2) is 17.2 Å². The number of non-ortho nitro benzene ring substituents is 1. The zero-order valence-corrected chi connectivity index (χ0v) is 13.9. The highest BCUT2D eigenvalue weighted by Crippen LogP contribution is 2.48. The van der Waals surface area contributed by atoms with Crippen LogP contribution in [0.1, 0.15) is 39.5 Å². The first-order valence-electron chi connectivity index (χ1n) is 8.23. The van der Waals surface area contributed by atoms with Crippen LogP contribution in [0.25, 0.3) is 0 Å². The van der Waals surface area contributed by atoms with Gasteiger partial charge in [-0.3, -0.25) is 10.1 Å². The summed E-state index contributed by atoms with van der Waals surface area (Å²) < 4.78 is 10.6. The number of benzene rings is 1. The van der Waals surface area contributed by atoms with E-state index in [2.05, 4.69) is 6.92 Å². The standard InChI is InChI=1S/C18H21NO5/c1-11-9-14-10-13(14)3-8-17(12(11)2)24-18(20)23-16-6-4-15(5-7-16)19(21)22/h4-7,13-14,17H,3,8-10H2,1-2H3/b12-11-/t13-,14-,17-/m1/s1. The minimum atomic E-state index is -0.770. The van der Waals surface area contributed by atoms with Crippen LogP contribution in [0, 0.1) is 22.0 Å². The van der Waals surface area contributed by atoms with Crippen LogP contribution in [-0.2, 0) is 4.74 Å². The summed E-state index contributed by atoms with van der Waals surface area (Å²) in [4.78, 5) is 22.2. The molecule has 0 bridgehead atoms. The molecule has 1 aromatic carbocycles. The quantitative estimate of drug-likeness (QED) is 0.265. The van der Waals surface area contributed by atoms with Gasteiger partial charge in [-0.25, -0.2) is 4.79 Å². The molecule has 0 N–H and O–H groups in total. The van der Waals surface area contributed by atoms with Gasteiger partial charge < -0.3 is 9.47 Å². The Morgan fingerprint density at radius 2 is 1.88 bits per heavy atom. The highest BCUT2D eigenvalue weighted by atomic mass is 16.7. The van der Waals surface area contributed by atoms with E-state index in [1.807, 2.05) is 6.92 Å². The van der Waals surface area contributed by atoms with E-state index in [0.29, 0.717) is 0 Å². The van der Waals surface area contributed by atoms with Crippen LogP contribution in [0.2, 0.25) is 0 Å². The van der Waals surface area contributed by atoms with Crippen LogP contribution in [0.4, 0.5) is 10.5 Å². The lowest BCUT2D eigenvalue weighted by molar-refractivity contribution is -0.384. The van der Waals surface area contributed by atoms with E-state index in [4.69, 9.17) is 9.47 Å². The lowest BCUT2D eigenvalue weighted by Crippen LogP contribution is -2.24. The first-order valence-corrected chi connectivity index (χ1v) is 8.23. The van der Waals surface area contributed by atoms with Gasteiger partial charge in [-0.05, 0) is 69.1 Å². The molecule has 1 fully saturated rings. The van der Waals surface area contributed by atoms with Gasteiger partial charge in [0.1, 0.15) is 11.9 Å². The van der Waals surface area contributed by atoms with E-state index in [1.165, 1.54) is 36.3 Å². The normalized spacial score (nSPS) is 29.0. The van der Waals surface area contributed by atoms with Crippen molar-refractivity contribution in [2.45, 2.75) is 45.6 Å². The molecule has 0 unspecified atom stereocenters. The summed E-state index contributed by atoms with van der Waals surface area (Å²) in [6, 6.07) is 5.36. The van der Waals surface area contributed by atoms with E-state index in [1.54, 1.807) is 0 Å². The molecule has 128 valence electrons. The van der Waals surface area contributed by atoms with Crippen LogP contribution in [0.15, 0.2) is 35.4 Å². The number of ether oxygens (including phenoxy) is 2. The van der Waals surface area contributed by atoms with Crippen molar-refractivity contribution in [2.24, 2.45) is 11.8 Å². The van der Waals surface area contributed by atoms with E-state index in [9.17, 15) is 14.9 Å². The highest BCUT2D eigenvalue weighted by Gasteiger charge is 2.39. The number of allylic oxidation sites excluding steroid dienone is 1. The number of nitrogens with zero attached hydrogens (tertiary/aromatic N) is 1. The van der Waals surface area contributed by atoms with Gasteiger partial charge in [-0.2, -0.15) is 0 Å². The number of hydrogen-bond acceptors (Lipinski definition) is 5. The van der Waals surface area contributed by atoms with Crippen LogP contribution < -0.4 is 4.74 Å². The van der Waals surface area contributed by atoms with Gasteiger partial charge in [0.2, 0.25) is 0 Å². The third-order valence-corrected chi connectivity index (χ3v) is 5.08. The second kappa shape index (κ2) is 6.63. The van der Waals surface area contributed by atoms with Crippen LogP contribution in [0.3, 0.4) is 0 Å². The Balaban J connectivity index is 1.61. The largest absolute Gasteiger partial charge is 0.514 e. The van der Waals surface area contributed by atoms with Crippen molar-refractivity contribution < 1.29 is 19.2 Å². The third-order valence-electron chi connectivity index (χ3n) is 5.08. The SMILES string of the molecule is C/C1=C(\C)[C@H](OC(=O)Oc2ccc([N+](=O)[O-])cc2)CC[C@@H]2C[C@H]2C1. The van der Waals surface area contributed by atoms with E-state index < -0.39 is 11.1 Å². The van der Waals surface area contributed by atoms with Gasteiger partial charge >= 0.3 is 6.16 Å². The minimum Gasteiger partial charge on any atom is -0.426 e. The smallest absolute Gasteiger partial charge is 0.426 e. The lowest BCUT2D eigenvalue weighted by atomic mass is 9.93. The maximum atomic E-state index is 12.0. The molecular formula is C18H21NO5. The predicted octanol–water partition coefficient (Wildman–Crippen LogP) is 4.64. The number of carbonyl (C=O) groups is 1. The minimum absolute atomic E-state index is 0.0517. The van der Waals surface area contributed by atoms with Crippen molar-refractivity contribution in [1.29, 1.82) is 0 Å². The molecule has 0 aliphatic heterocycles. The summed E-state index contributed by atoms with van der Waals surface area (Å²) in [5.74, 6) is 1.81. The summed E-state index contributed by atoms with van der Waals surface area (Å²) in [6.07, 6.45) is 3.24. The molecular weight excluding hydrogens is 310 g/mol. The topological polar surface area (TPSA) is 78.7 Å². The number of rotatable bonds is 3. The van der Waals surface area contributed by atoms with Crippen molar-refractivity contribution in [1.82, 2.24) is 0 Å². The van der Waals surface area contributed by atoms with Crippen LogP contribution >= 0.6 is 0 Å². The van der Waals surface area contributed by atoms with Gasteiger partial charge in [0.25, 0.3) is 5.69 Å². The fourth-order valence-electron chi connectivity index (χ4n) is 3.34. The van der Waals surface area contributed by atoms with Crippen molar-refractivity contribution >= 4 is 11.8 Å². The van der Waals surface area contributed by atoms with E-state index in [0.717, 1.165) is 36.7 Å². The van der Waals surface area contributed by atoms with E-state index >= 15 is 0 Å². The zero-order valence-electron chi connectivity index (χ0n) is 13.9. The van der Waals surface area contributed by atoms with Crippen molar-refractivity contribution in [3.05, 3.63) is 45.5 Å². The molecule has 0 amide bonds. The molecule has 0 heterocycles. The van der Waals surface area contributed by atoms with Crippen molar-refractivity contribution in [3.8, 4) is 5.75 Å². The van der Waals surface area contributed by atoms with Crippen molar-refractivity contribution in [2.75, 3.05) is 0 Å². The summed E-state index contributed by atoms with van der Waals surface area (Å²) in [5.41, 5.74) is 2.36. The molecule has 1 aromatic rings. The summed E-state index contributed by atoms with van der Waals surface area (Å²) in [5, 5.41) is 10.6. The summed E-state index contributed by atoms with van der Waals surface area (Å²) >= 11 is 0. The number of nitro benzene ring substituents is 1. The summed E-state index contributed by atoms with van der Waals surface area (Å²) in [7, 11) is 0. The first kappa shape index (κ1) is 16.5. The monoisotopic (exact) mass is 331 g/mol. The summed E-state index contributed by atoms with van der Waals surface area (Å²) in [6.45, 7) is 4.12. The Kier molecular flexibility index (Phi) is 4.55. The number of hydrogen-bond donors (Lipinski definition) is 0. The highest BCUT2D eigenvalue weighted by molar-refractivity contribution is 5.64.